The van der Waals surface area contributed by atoms with E-state index in [0.717, 1.165) is 34.3 Å². The molecule has 4 rings (SSSR count). The van der Waals surface area contributed by atoms with Crippen molar-refractivity contribution in [2.75, 3.05) is 16.3 Å². The predicted octanol–water partition coefficient (Wildman–Crippen LogP) is 4.17. The summed E-state index contributed by atoms with van der Waals surface area (Å²) in [4.78, 5) is 12.0. The molecule has 0 saturated carbocycles. The molecule has 7 nitrogen and oxygen atoms in total. The lowest BCUT2D eigenvalue weighted by atomic mass is 10.1. The van der Waals surface area contributed by atoms with Crippen LogP contribution in [0.1, 0.15) is 18.5 Å². The monoisotopic (exact) mass is 407 g/mol. The summed E-state index contributed by atoms with van der Waals surface area (Å²) in [6.45, 7) is 2.08. The Hall–Kier alpha value is -3.39. The average molecular weight is 407 g/mol. The number of hydrogen-bond acceptors (Lipinski definition) is 5. The second kappa shape index (κ2) is 7.56. The molecular formula is C21H21N5O2S. The molecule has 1 unspecified atom stereocenters. The first kappa shape index (κ1) is 18.9. The van der Waals surface area contributed by atoms with Crippen LogP contribution in [0.3, 0.4) is 0 Å². The van der Waals surface area contributed by atoms with Gasteiger partial charge in [0, 0.05) is 23.0 Å². The van der Waals surface area contributed by atoms with E-state index >= 15 is 0 Å². The van der Waals surface area contributed by atoms with Gasteiger partial charge in [-0.05, 0) is 30.7 Å². The van der Waals surface area contributed by atoms with Crippen molar-refractivity contribution in [2.45, 2.75) is 13.0 Å². The molecule has 0 radical (unpaired) electrons. The molecule has 2 heterocycles. The number of fused-ring (bicyclic) bond motifs is 1. The third kappa shape index (κ3) is 4.38. The van der Waals surface area contributed by atoms with Crippen LogP contribution in [0.4, 0.5) is 11.5 Å². The first-order chi connectivity index (χ1) is 13.9. The number of rotatable bonds is 6. The summed E-state index contributed by atoms with van der Waals surface area (Å²) in [5.74, 6) is 0.735. The summed E-state index contributed by atoms with van der Waals surface area (Å²) >= 11 is 0. The van der Waals surface area contributed by atoms with Crippen molar-refractivity contribution in [3.05, 3.63) is 72.6 Å². The van der Waals surface area contributed by atoms with Gasteiger partial charge >= 0.3 is 0 Å². The van der Waals surface area contributed by atoms with E-state index in [1.807, 2.05) is 30.3 Å². The molecular weight excluding hydrogens is 386 g/mol. The molecule has 2 aromatic heterocycles. The van der Waals surface area contributed by atoms with Crippen molar-refractivity contribution in [1.82, 2.24) is 15.0 Å². The minimum absolute atomic E-state index is 0.0786. The lowest BCUT2D eigenvalue weighted by Gasteiger charge is -2.15. The van der Waals surface area contributed by atoms with Crippen molar-refractivity contribution >= 4 is 32.6 Å². The largest absolute Gasteiger partial charge is 0.363 e. The van der Waals surface area contributed by atoms with E-state index in [4.69, 9.17) is 0 Å². The number of hydrogen-bond donors (Lipinski definition) is 3. The number of anilines is 2. The predicted molar refractivity (Wildman–Crippen MR) is 116 cm³/mol. The van der Waals surface area contributed by atoms with E-state index in [-0.39, 0.29) is 6.04 Å². The lowest BCUT2D eigenvalue weighted by Crippen LogP contribution is -2.09. The van der Waals surface area contributed by atoms with E-state index in [1.165, 1.54) is 6.33 Å². The maximum atomic E-state index is 11.5. The summed E-state index contributed by atoms with van der Waals surface area (Å²) in [5.41, 5.74) is 4.05. The SMILES string of the molecule is CC(Nc1ncnc2[nH]c(-c3cccc(NS(C)(=O)=O)c3)cc12)c1ccccc1. The molecule has 0 aliphatic rings. The van der Waals surface area contributed by atoms with Crippen LogP contribution < -0.4 is 10.0 Å². The quantitative estimate of drug-likeness (QED) is 0.445. The number of H-pyrrole nitrogens is 1. The van der Waals surface area contributed by atoms with E-state index in [1.54, 1.807) is 18.2 Å². The van der Waals surface area contributed by atoms with Gasteiger partial charge < -0.3 is 10.3 Å². The smallest absolute Gasteiger partial charge is 0.229 e. The van der Waals surface area contributed by atoms with Crippen LogP contribution in [-0.4, -0.2) is 29.6 Å². The zero-order valence-corrected chi connectivity index (χ0v) is 16.9. The highest BCUT2D eigenvalue weighted by Crippen LogP contribution is 2.30. The molecule has 0 saturated heterocycles. The van der Waals surface area contributed by atoms with Crippen molar-refractivity contribution in [3.63, 3.8) is 0 Å². The second-order valence-electron chi connectivity index (χ2n) is 6.90. The highest BCUT2D eigenvalue weighted by Gasteiger charge is 2.13. The third-order valence-electron chi connectivity index (χ3n) is 4.56. The Balaban J connectivity index is 1.67. The summed E-state index contributed by atoms with van der Waals surface area (Å²) in [5, 5.41) is 4.31. The highest BCUT2D eigenvalue weighted by atomic mass is 32.2. The molecule has 148 valence electrons. The van der Waals surface area contributed by atoms with Crippen LogP contribution in [0.2, 0.25) is 0 Å². The van der Waals surface area contributed by atoms with Crippen molar-refractivity contribution in [2.24, 2.45) is 0 Å². The summed E-state index contributed by atoms with van der Waals surface area (Å²) in [6, 6.07) is 19.4. The van der Waals surface area contributed by atoms with Crippen LogP contribution in [0.5, 0.6) is 0 Å². The van der Waals surface area contributed by atoms with Crippen molar-refractivity contribution < 1.29 is 8.42 Å². The Bertz CT molecular complexity index is 1250. The van der Waals surface area contributed by atoms with Crippen LogP contribution in [0.15, 0.2) is 67.0 Å². The Kier molecular flexibility index (Phi) is 4.94. The van der Waals surface area contributed by atoms with E-state index in [0.29, 0.717) is 11.3 Å². The van der Waals surface area contributed by atoms with Crippen LogP contribution in [0, 0.1) is 0 Å². The molecule has 3 N–H and O–H groups in total. The molecule has 8 heteroatoms. The maximum Gasteiger partial charge on any atom is 0.229 e. The van der Waals surface area contributed by atoms with Crippen LogP contribution >= 0.6 is 0 Å². The Morgan fingerprint density at radius 2 is 1.79 bits per heavy atom. The van der Waals surface area contributed by atoms with Crippen molar-refractivity contribution in [1.29, 1.82) is 0 Å². The number of aromatic amines is 1. The fourth-order valence-electron chi connectivity index (χ4n) is 3.20. The Morgan fingerprint density at radius 1 is 1.00 bits per heavy atom. The molecule has 29 heavy (non-hydrogen) atoms. The highest BCUT2D eigenvalue weighted by molar-refractivity contribution is 7.92. The zero-order valence-electron chi connectivity index (χ0n) is 16.0. The number of nitrogens with one attached hydrogen (secondary N) is 3. The van der Waals surface area contributed by atoms with Gasteiger partial charge in [-0.25, -0.2) is 18.4 Å². The van der Waals surface area contributed by atoms with Gasteiger partial charge in [-0.15, -0.1) is 0 Å². The first-order valence-corrected chi connectivity index (χ1v) is 11.0. The van der Waals surface area contributed by atoms with Gasteiger partial charge in [-0.3, -0.25) is 4.72 Å². The molecule has 0 amide bonds. The molecule has 0 aliphatic heterocycles. The molecule has 1 atom stereocenters. The van der Waals surface area contributed by atoms with Gasteiger partial charge in [0.15, 0.2) is 0 Å². The zero-order chi connectivity index (χ0) is 20.4. The van der Waals surface area contributed by atoms with Crippen LogP contribution in [0.25, 0.3) is 22.3 Å². The third-order valence-corrected chi connectivity index (χ3v) is 5.16. The summed E-state index contributed by atoms with van der Waals surface area (Å²) in [6.07, 6.45) is 2.65. The summed E-state index contributed by atoms with van der Waals surface area (Å²) in [7, 11) is -3.34. The Morgan fingerprint density at radius 3 is 2.55 bits per heavy atom. The van der Waals surface area contributed by atoms with E-state index in [9.17, 15) is 8.42 Å². The summed E-state index contributed by atoms with van der Waals surface area (Å²) < 4.78 is 25.5. The van der Waals surface area contributed by atoms with Crippen LogP contribution in [-0.2, 0) is 10.0 Å². The lowest BCUT2D eigenvalue weighted by molar-refractivity contribution is 0.607. The molecule has 2 aromatic carbocycles. The van der Waals surface area contributed by atoms with E-state index < -0.39 is 10.0 Å². The minimum Gasteiger partial charge on any atom is -0.363 e. The number of aromatic nitrogens is 3. The molecule has 0 spiro atoms. The number of sulfonamides is 1. The van der Waals surface area contributed by atoms with Gasteiger partial charge in [-0.1, -0.05) is 42.5 Å². The molecule has 0 bridgehead atoms. The molecule has 4 aromatic rings. The number of nitrogens with zero attached hydrogens (tertiary/aromatic N) is 2. The normalized spacial score (nSPS) is 12.6. The van der Waals surface area contributed by atoms with Gasteiger partial charge in [0.2, 0.25) is 10.0 Å². The van der Waals surface area contributed by atoms with Gasteiger partial charge in [0.05, 0.1) is 11.6 Å². The maximum absolute atomic E-state index is 11.5. The average Bonchev–Trinajstić information content (AvgIpc) is 3.13. The standard InChI is InChI=1S/C21H21N5O2S/c1-14(15-7-4-3-5-8-15)24-20-18-12-19(25-21(18)23-13-22-20)16-9-6-10-17(11-16)26-29(2,27)28/h3-14,26H,1-2H3,(H2,22,23,24,25). The topological polar surface area (TPSA) is 99.8 Å². The molecule has 0 fully saturated rings. The second-order valence-corrected chi connectivity index (χ2v) is 8.65. The fraction of sp³-hybridized carbons (Fsp3) is 0.143. The van der Waals surface area contributed by atoms with Gasteiger partial charge in [0.1, 0.15) is 17.8 Å². The van der Waals surface area contributed by atoms with E-state index in [2.05, 4.69) is 44.0 Å². The number of benzene rings is 2. The Labute approximate surface area is 169 Å². The fourth-order valence-corrected chi connectivity index (χ4v) is 3.76. The molecule has 0 aliphatic carbocycles. The van der Waals surface area contributed by atoms with Gasteiger partial charge in [-0.2, -0.15) is 0 Å². The minimum atomic E-state index is -3.34. The van der Waals surface area contributed by atoms with Gasteiger partial charge in [0.25, 0.3) is 0 Å². The van der Waals surface area contributed by atoms with Crippen molar-refractivity contribution in [3.8, 4) is 11.3 Å². The first-order valence-electron chi connectivity index (χ1n) is 9.12.